The van der Waals surface area contributed by atoms with Crippen LogP contribution in [-0.4, -0.2) is 38.3 Å². The summed E-state index contributed by atoms with van der Waals surface area (Å²) in [7, 11) is 0. The number of aromatic nitrogens is 2. The van der Waals surface area contributed by atoms with E-state index < -0.39 is 52.5 Å². The van der Waals surface area contributed by atoms with Crippen molar-refractivity contribution in [3.8, 4) is 5.75 Å². The molecule has 1 fully saturated rings. The van der Waals surface area contributed by atoms with E-state index in [1.165, 1.54) is 39.9 Å². The average Bonchev–Trinajstić information content (AvgIpc) is 3.25. The molecule has 0 saturated carbocycles. The minimum Gasteiger partial charge on any atom is -0.502 e. The van der Waals surface area contributed by atoms with Gasteiger partial charge in [-0.15, -0.1) is 0 Å². The molecule has 2 aliphatic rings. The van der Waals surface area contributed by atoms with Gasteiger partial charge in [0.1, 0.15) is 17.5 Å². The van der Waals surface area contributed by atoms with Crippen LogP contribution in [0.1, 0.15) is 46.4 Å². The first-order valence-corrected chi connectivity index (χ1v) is 10.2. The summed E-state index contributed by atoms with van der Waals surface area (Å²) in [6.07, 6.45) is 2.06. The van der Waals surface area contributed by atoms with Crippen LogP contribution in [0.2, 0.25) is 0 Å². The maximum absolute atomic E-state index is 15.0. The van der Waals surface area contributed by atoms with E-state index in [4.69, 9.17) is 0 Å². The van der Waals surface area contributed by atoms with Crippen molar-refractivity contribution in [1.29, 1.82) is 0 Å². The Morgan fingerprint density at radius 2 is 1.72 bits per heavy atom. The molecule has 2 aromatic carbocycles. The molecule has 6 nitrogen and oxygen atoms in total. The van der Waals surface area contributed by atoms with Gasteiger partial charge in [0, 0.05) is 18.0 Å². The van der Waals surface area contributed by atoms with Crippen LogP contribution in [0.3, 0.4) is 0 Å². The Balaban J connectivity index is 1.82. The first kappa shape index (κ1) is 20.3. The number of hydrogen-bond donors (Lipinski definition) is 1. The van der Waals surface area contributed by atoms with Crippen molar-refractivity contribution < 1.29 is 23.1 Å². The summed E-state index contributed by atoms with van der Waals surface area (Å²) in [6, 6.07) is 7.44. The molecule has 1 aromatic heterocycles. The fourth-order valence-electron chi connectivity index (χ4n) is 4.96. The van der Waals surface area contributed by atoms with Crippen molar-refractivity contribution in [2.45, 2.75) is 30.8 Å². The molecule has 1 saturated heterocycles. The number of nitrogens with zero attached hydrogens (tertiary/aromatic N) is 3. The van der Waals surface area contributed by atoms with Crippen molar-refractivity contribution in [2.24, 2.45) is 0 Å². The predicted molar refractivity (Wildman–Crippen MR) is 108 cm³/mol. The van der Waals surface area contributed by atoms with Crippen LogP contribution in [0, 0.1) is 17.5 Å². The maximum atomic E-state index is 15.0. The van der Waals surface area contributed by atoms with Crippen molar-refractivity contribution in [1.82, 2.24) is 14.7 Å². The van der Waals surface area contributed by atoms with Crippen LogP contribution in [0.5, 0.6) is 5.75 Å². The van der Waals surface area contributed by atoms with Gasteiger partial charge in [0.15, 0.2) is 11.4 Å². The summed E-state index contributed by atoms with van der Waals surface area (Å²) < 4.78 is 44.9. The lowest BCUT2D eigenvalue weighted by atomic mass is 9.79. The number of carbonyl (C=O) groups excluding carboxylic acids is 1. The third-order valence-corrected chi connectivity index (χ3v) is 6.31. The summed E-state index contributed by atoms with van der Waals surface area (Å²) in [5.41, 5.74) is -0.982. The van der Waals surface area contributed by atoms with E-state index in [1.807, 2.05) is 0 Å². The molecule has 32 heavy (non-hydrogen) atoms. The number of benzene rings is 2. The molecule has 164 valence electrons. The molecule has 1 amide bonds. The number of aromatic hydroxyl groups is 1. The molecule has 1 N–H and O–H groups in total. The van der Waals surface area contributed by atoms with Gasteiger partial charge in [0.05, 0.1) is 18.3 Å². The third kappa shape index (κ3) is 2.99. The second-order valence-corrected chi connectivity index (χ2v) is 8.01. The highest BCUT2D eigenvalue weighted by Gasteiger charge is 2.49. The van der Waals surface area contributed by atoms with Crippen LogP contribution < -0.4 is 5.43 Å². The summed E-state index contributed by atoms with van der Waals surface area (Å²) in [5, 5.41) is 14.5. The molecule has 2 aliphatic heterocycles. The van der Waals surface area contributed by atoms with Gasteiger partial charge in [-0.3, -0.25) is 14.3 Å². The van der Waals surface area contributed by atoms with Crippen LogP contribution in [-0.2, 0) is 0 Å². The molecule has 0 spiro atoms. The Morgan fingerprint density at radius 1 is 1.03 bits per heavy atom. The first-order valence-electron chi connectivity index (χ1n) is 10.2. The second kappa shape index (κ2) is 7.51. The third-order valence-electron chi connectivity index (χ3n) is 6.31. The topological polar surface area (TPSA) is 75.4 Å². The second-order valence-electron chi connectivity index (χ2n) is 8.01. The van der Waals surface area contributed by atoms with Crippen molar-refractivity contribution in [3.63, 3.8) is 0 Å². The molecular formula is C23H18F3N3O3. The monoisotopic (exact) mass is 441 g/mol. The zero-order chi connectivity index (χ0) is 22.6. The minimum absolute atomic E-state index is 0.253. The average molecular weight is 441 g/mol. The predicted octanol–water partition coefficient (Wildman–Crippen LogP) is 3.36. The van der Waals surface area contributed by atoms with E-state index in [2.05, 4.69) is 5.10 Å². The fourth-order valence-corrected chi connectivity index (χ4v) is 4.96. The maximum Gasteiger partial charge on any atom is 0.276 e. The lowest BCUT2D eigenvalue weighted by molar-refractivity contribution is 0.0563. The highest BCUT2D eigenvalue weighted by Crippen LogP contribution is 2.46. The van der Waals surface area contributed by atoms with Crippen molar-refractivity contribution >= 4 is 5.91 Å². The summed E-state index contributed by atoms with van der Waals surface area (Å²) in [6.45, 7) is 0.373. The number of fused-ring (bicyclic) bond motifs is 2. The van der Waals surface area contributed by atoms with Gasteiger partial charge in [-0.05, 0) is 42.7 Å². The van der Waals surface area contributed by atoms with Crippen molar-refractivity contribution in [3.05, 3.63) is 93.2 Å². The highest BCUT2D eigenvalue weighted by atomic mass is 19.1. The summed E-state index contributed by atoms with van der Waals surface area (Å²) in [5.74, 6) is -4.43. The lowest BCUT2D eigenvalue weighted by Gasteiger charge is -2.42. The number of amides is 1. The number of carbonyl (C=O) groups is 1. The fraction of sp³-hybridized carbons (Fsp3) is 0.261. The van der Waals surface area contributed by atoms with Crippen LogP contribution >= 0.6 is 0 Å². The summed E-state index contributed by atoms with van der Waals surface area (Å²) >= 11 is 0. The SMILES string of the molecule is O=C1c2c(O)c(=O)cnn2[C@@H](C(c2ccc(F)cc2)c2c(F)cccc2F)[C@H]2CCCN12. The van der Waals surface area contributed by atoms with Gasteiger partial charge in [0.2, 0.25) is 5.43 Å². The Labute approximate surface area is 180 Å². The highest BCUT2D eigenvalue weighted by molar-refractivity contribution is 5.96. The number of hydrogen-bond acceptors (Lipinski definition) is 4. The quantitative estimate of drug-likeness (QED) is 0.677. The largest absolute Gasteiger partial charge is 0.502 e. The Bertz CT molecular complexity index is 1260. The molecule has 0 aliphatic carbocycles. The van der Waals surface area contributed by atoms with E-state index >= 15 is 8.78 Å². The van der Waals surface area contributed by atoms with Crippen molar-refractivity contribution in [2.75, 3.05) is 6.54 Å². The standard InChI is InChI=1S/C23H18F3N3O3/c24-13-8-6-12(7-9-13)18(19-14(25)3-1-4-15(19)26)20-16-5-2-10-28(16)23(32)21-22(31)17(30)11-27-29(20)21/h1,3-4,6-9,11,16,18,20,31H,2,5,10H2/t16-,18?,20-/m1/s1. The summed E-state index contributed by atoms with van der Waals surface area (Å²) in [4.78, 5) is 26.6. The van der Waals surface area contributed by atoms with Gasteiger partial charge < -0.3 is 10.0 Å². The zero-order valence-electron chi connectivity index (χ0n) is 16.7. The first-order chi connectivity index (χ1) is 15.4. The zero-order valence-corrected chi connectivity index (χ0v) is 16.7. The van der Waals surface area contributed by atoms with Gasteiger partial charge in [-0.2, -0.15) is 5.10 Å². The molecule has 5 rings (SSSR count). The molecule has 0 bridgehead atoms. The molecule has 3 heterocycles. The van der Waals surface area contributed by atoms with Gasteiger partial charge >= 0.3 is 0 Å². The molecule has 3 aromatic rings. The molecular weight excluding hydrogens is 423 g/mol. The van der Waals surface area contributed by atoms with E-state index in [0.717, 1.165) is 18.3 Å². The Hall–Kier alpha value is -3.62. The molecule has 1 unspecified atom stereocenters. The Morgan fingerprint density at radius 3 is 2.41 bits per heavy atom. The van der Waals surface area contributed by atoms with Gasteiger partial charge in [-0.1, -0.05) is 18.2 Å². The normalized spacial score (nSPS) is 20.7. The van der Waals surface area contributed by atoms with Crippen LogP contribution in [0.4, 0.5) is 13.2 Å². The molecule has 0 radical (unpaired) electrons. The van der Waals surface area contributed by atoms with E-state index in [1.54, 1.807) is 0 Å². The minimum atomic E-state index is -1.01. The van der Waals surface area contributed by atoms with Crippen LogP contribution in [0.15, 0.2) is 53.5 Å². The van der Waals surface area contributed by atoms with Gasteiger partial charge in [-0.25, -0.2) is 13.2 Å². The molecule has 3 atom stereocenters. The smallest absolute Gasteiger partial charge is 0.276 e. The molecule has 9 heteroatoms. The van der Waals surface area contributed by atoms with E-state index in [9.17, 15) is 19.1 Å². The van der Waals surface area contributed by atoms with Crippen LogP contribution in [0.25, 0.3) is 0 Å². The lowest BCUT2D eigenvalue weighted by Crippen LogP contribution is -2.51. The Kier molecular flexibility index (Phi) is 4.76. The van der Waals surface area contributed by atoms with E-state index in [0.29, 0.717) is 24.9 Å². The van der Waals surface area contributed by atoms with E-state index in [-0.39, 0.29) is 11.3 Å². The number of halogens is 3. The van der Waals surface area contributed by atoms with Gasteiger partial charge in [0.25, 0.3) is 5.91 Å². The number of rotatable bonds is 3.